The molecular formula is C17H25FN6. The fourth-order valence-corrected chi connectivity index (χ4v) is 3.32. The number of aromatic nitrogens is 2. The van der Waals surface area contributed by atoms with Crippen LogP contribution < -0.4 is 0 Å². The largest absolute Gasteiger partial charge is 0.304 e. The summed E-state index contributed by atoms with van der Waals surface area (Å²) in [5, 5.41) is 22.0. The van der Waals surface area contributed by atoms with E-state index >= 15 is 0 Å². The average Bonchev–Trinajstić information content (AvgIpc) is 3.10. The molecule has 0 N–H and O–H groups in total. The maximum Gasteiger partial charge on any atom is 0.114 e. The van der Waals surface area contributed by atoms with E-state index in [0.29, 0.717) is 38.9 Å². The van der Waals surface area contributed by atoms with Crippen molar-refractivity contribution in [1.29, 1.82) is 10.5 Å². The summed E-state index contributed by atoms with van der Waals surface area (Å²) in [6, 6.07) is 6.44. The Labute approximate surface area is 143 Å². The van der Waals surface area contributed by atoms with Gasteiger partial charge in [0.05, 0.1) is 23.8 Å². The third-order valence-corrected chi connectivity index (χ3v) is 4.61. The summed E-state index contributed by atoms with van der Waals surface area (Å²) in [6.07, 6.45) is 2.47. The van der Waals surface area contributed by atoms with Gasteiger partial charge in [-0.2, -0.15) is 15.6 Å². The Balaban J connectivity index is 1.90. The van der Waals surface area contributed by atoms with E-state index in [-0.39, 0.29) is 12.0 Å². The molecule has 0 aliphatic carbocycles. The molecule has 1 aromatic rings. The minimum absolute atomic E-state index is 0.134. The number of nitriles is 2. The van der Waals surface area contributed by atoms with Crippen LogP contribution in [-0.4, -0.2) is 58.5 Å². The smallest absolute Gasteiger partial charge is 0.114 e. The van der Waals surface area contributed by atoms with Crippen molar-refractivity contribution in [2.24, 2.45) is 13.0 Å². The summed E-state index contributed by atoms with van der Waals surface area (Å²) in [6.45, 7) is 2.47. The summed E-state index contributed by atoms with van der Waals surface area (Å²) in [5.41, 5.74) is 1.07. The van der Waals surface area contributed by atoms with Gasteiger partial charge in [-0.05, 0) is 26.0 Å². The fourth-order valence-electron chi connectivity index (χ4n) is 3.32. The van der Waals surface area contributed by atoms with Gasteiger partial charge in [-0.1, -0.05) is 0 Å². The molecule has 0 amide bonds. The Hall–Kier alpha value is -1.96. The third kappa shape index (κ3) is 5.02. The first-order valence-corrected chi connectivity index (χ1v) is 8.33. The molecular weight excluding hydrogens is 307 g/mol. The number of likely N-dealkylation sites (tertiary alicyclic amines) is 1. The molecule has 0 bridgehead atoms. The molecule has 1 fully saturated rings. The molecule has 7 heteroatoms. The second-order valence-corrected chi connectivity index (χ2v) is 6.61. The predicted octanol–water partition coefficient (Wildman–Crippen LogP) is 1.71. The lowest BCUT2D eigenvalue weighted by Gasteiger charge is -2.29. The number of hydrogen-bond acceptors (Lipinski definition) is 5. The molecule has 1 aliphatic heterocycles. The van der Waals surface area contributed by atoms with Gasteiger partial charge in [0, 0.05) is 51.9 Å². The van der Waals surface area contributed by atoms with Crippen molar-refractivity contribution in [3.05, 3.63) is 18.0 Å². The standard InChI is InChI=1S/C17H25FN6/c1-22(10-14(9-20)4-3-6-19)12-17-8-15(18)11-24(17)13-16-5-7-21-23(16)2/h5,7,14-15,17H,3-4,8,10-13H2,1-2H3/t14-,15+,17+/m1/s1. The molecule has 3 atom stereocenters. The van der Waals surface area contributed by atoms with Gasteiger partial charge in [0.15, 0.2) is 0 Å². The zero-order valence-electron chi connectivity index (χ0n) is 14.4. The number of likely N-dealkylation sites (N-methyl/N-ethyl adjacent to an activating group) is 1. The molecule has 24 heavy (non-hydrogen) atoms. The third-order valence-electron chi connectivity index (χ3n) is 4.61. The Kier molecular flexibility index (Phi) is 6.72. The van der Waals surface area contributed by atoms with Gasteiger partial charge in [0.25, 0.3) is 0 Å². The van der Waals surface area contributed by atoms with E-state index in [2.05, 4.69) is 27.0 Å². The second kappa shape index (κ2) is 8.77. The number of aryl methyl sites for hydroxylation is 1. The van der Waals surface area contributed by atoms with Crippen molar-refractivity contribution < 1.29 is 4.39 Å². The highest BCUT2D eigenvalue weighted by molar-refractivity contribution is 5.02. The molecule has 2 rings (SSSR count). The zero-order valence-corrected chi connectivity index (χ0v) is 14.4. The van der Waals surface area contributed by atoms with Crippen molar-refractivity contribution in [3.63, 3.8) is 0 Å². The van der Waals surface area contributed by atoms with Crippen molar-refractivity contribution >= 4 is 0 Å². The van der Waals surface area contributed by atoms with Gasteiger partial charge in [-0.15, -0.1) is 0 Å². The van der Waals surface area contributed by atoms with Crippen LogP contribution in [0.1, 0.15) is 25.0 Å². The van der Waals surface area contributed by atoms with Gasteiger partial charge >= 0.3 is 0 Å². The maximum atomic E-state index is 13.9. The van der Waals surface area contributed by atoms with Crippen LogP contribution in [0.3, 0.4) is 0 Å². The van der Waals surface area contributed by atoms with Crippen LogP contribution in [0, 0.1) is 28.6 Å². The first-order valence-electron chi connectivity index (χ1n) is 8.33. The highest BCUT2D eigenvalue weighted by atomic mass is 19.1. The number of nitrogens with zero attached hydrogens (tertiary/aromatic N) is 6. The number of alkyl halides is 1. The molecule has 2 heterocycles. The van der Waals surface area contributed by atoms with Gasteiger partial charge in [-0.25, -0.2) is 4.39 Å². The van der Waals surface area contributed by atoms with Crippen LogP contribution in [0.4, 0.5) is 4.39 Å². The van der Waals surface area contributed by atoms with Crippen molar-refractivity contribution in [2.75, 3.05) is 26.7 Å². The highest BCUT2D eigenvalue weighted by Crippen LogP contribution is 2.23. The summed E-state index contributed by atoms with van der Waals surface area (Å²) < 4.78 is 15.7. The van der Waals surface area contributed by atoms with Crippen molar-refractivity contribution in [1.82, 2.24) is 19.6 Å². The Bertz CT molecular complexity index is 601. The van der Waals surface area contributed by atoms with Gasteiger partial charge in [0.1, 0.15) is 6.17 Å². The van der Waals surface area contributed by atoms with Gasteiger partial charge in [-0.3, -0.25) is 9.58 Å². The topological polar surface area (TPSA) is 71.9 Å². The second-order valence-electron chi connectivity index (χ2n) is 6.61. The van der Waals surface area contributed by atoms with E-state index in [1.165, 1.54) is 0 Å². The molecule has 0 radical (unpaired) electrons. The number of hydrogen-bond donors (Lipinski definition) is 0. The van der Waals surface area contributed by atoms with Crippen LogP contribution in [0.5, 0.6) is 0 Å². The Morgan fingerprint density at radius 3 is 2.92 bits per heavy atom. The van der Waals surface area contributed by atoms with E-state index in [1.807, 2.05) is 24.8 Å². The maximum absolute atomic E-state index is 13.9. The predicted molar refractivity (Wildman–Crippen MR) is 88.4 cm³/mol. The molecule has 0 spiro atoms. The highest BCUT2D eigenvalue weighted by Gasteiger charge is 2.33. The monoisotopic (exact) mass is 332 g/mol. The first kappa shape index (κ1) is 18.4. The molecule has 6 nitrogen and oxygen atoms in total. The summed E-state index contributed by atoms with van der Waals surface area (Å²) in [7, 11) is 3.86. The van der Waals surface area contributed by atoms with E-state index in [9.17, 15) is 9.65 Å². The van der Waals surface area contributed by atoms with Crippen molar-refractivity contribution in [2.45, 2.75) is 38.0 Å². The normalized spacial score (nSPS) is 22.4. The van der Waals surface area contributed by atoms with E-state index in [4.69, 9.17) is 5.26 Å². The Morgan fingerprint density at radius 1 is 1.50 bits per heavy atom. The fraction of sp³-hybridized carbons (Fsp3) is 0.706. The molecule has 0 aromatic carbocycles. The van der Waals surface area contributed by atoms with Crippen LogP contribution in [0.2, 0.25) is 0 Å². The van der Waals surface area contributed by atoms with Crippen LogP contribution in [0.15, 0.2) is 12.3 Å². The zero-order chi connectivity index (χ0) is 17.5. The lowest BCUT2D eigenvalue weighted by molar-refractivity contribution is 0.173. The molecule has 1 aromatic heterocycles. The van der Waals surface area contributed by atoms with Gasteiger partial charge < -0.3 is 4.90 Å². The Morgan fingerprint density at radius 2 is 2.29 bits per heavy atom. The minimum Gasteiger partial charge on any atom is -0.304 e. The van der Waals surface area contributed by atoms with Crippen LogP contribution in [0.25, 0.3) is 0 Å². The molecule has 1 aliphatic rings. The van der Waals surface area contributed by atoms with Crippen LogP contribution >= 0.6 is 0 Å². The van der Waals surface area contributed by atoms with E-state index in [0.717, 1.165) is 12.2 Å². The molecule has 0 unspecified atom stereocenters. The number of rotatable bonds is 8. The van der Waals surface area contributed by atoms with E-state index in [1.54, 1.807) is 6.20 Å². The summed E-state index contributed by atoms with van der Waals surface area (Å²) in [5.74, 6) is -0.150. The first-order chi connectivity index (χ1) is 11.5. The lowest BCUT2D eigenvalue weighted by atomic mass is 10.0. The van der Waals surface area contributed by atoms with Crippen LogP contribution in [-0.2, 0) is 13.6 Å². The molecule has 130 valence electrons. The lowest BCUT2D eigenvalue weighted by Crippen LogP contribution is -2.40. The summed E-state index contributed by atoms with van der Waals surface area (Å²) in [4.78, 5) is 4.25. The SMILES string of the molecule is CN(C[C@@H](C#N)CCC#N)C[C@@H]1C[C@H](F)CN1Cc1ccnn1C. The van der Waals surface area contributed by atoms with E-state index < -0.39 is 6.17 Å². The average molecular weight is 332 g/mol. The molecule has 1 saturated heterocycles. The quantitative estimate of drug-likeness (QED) is 0.725. The van der Waals surface area contributed by atoms with Gasteiger partial charge in [0.2, 0.25) is 0 Å². The minimum atomic E-state index is -0.804. The molecule has 0 saturated carbocycles. The van der Waals surface area contributed by atoms with Crippen molar-refractivity contribution in [3.8, 4) is 12.1 Å². The number of halogens is 1. The summed E-state index contributed by atoms with van der Waals surface area (Å²) >= 11 is 0.